The monoisotopic (exact) mass is 489 g/mol. The fourth-order valence-corrected chi connectivity index (χ4v) is 4.08. The van der Waals surface area contributed by atoms with E-state index in [1.807, 2.05) is 54.6 Å². The SMILES string of the molecule is CNC(=O)N(Cc1ccc(-c2nc3ccccc3[nH]2)cc1)NC(=O)c1ccc(CC(C)C)c(Cl)c1. The number of nitrogens with one attached hydrogen (secondary N) is 3. The summed E-state index contributed by atoms with van der Waals surface area (Å²) in [6.45, 7) is 4.41. The third kappa shape index (κ3) is 5.81. The van der Waals surface area contributed by atoms with Crippen LogP contribution >= 0.6 is 11.6 Å². The average molecular weight is 490 g/mol. The lowest BCUT2D eigenvalue weighted by molar-refractivity contribution is 0.0819. The number of H-pyrrole nitrogens is 1. The minimum absolute atomic E-state index is 0.186. The number of aromatic amines is 1. The molecule has 4 rings (SSSR count). The van der Waals surface area contributed by atoms with Crippen LogP contribution in [0.2, 0.25) is 5.02 Å². The van der Waals surface area contributed by atoms with Gasteiger partial charge in [-0.3, -0.25) is 10.2 Å². The van der Waals surface area contributed by atoms with Crippen LogP contribution in [-0.2, 0) is 13.0 Å². The summed E-state index contributed by atoms with van der Waals surface area (Å²) in [5, 5.41) is 4.35. The normalized spacial score (nSPS) is 11.0. The number of carbonyl (C=O) groups is 2. The molecule has 0 saturated carbocycles. The molecule has 3 N–H and O–H groups in total. The second-order valence-electron chi connectivity index (χ2n) is 8.79. The molecule has 0 fully saturated rings. The molecule has 0 atom stereocenters. The Bertz CT molecular complexity index is 1310. The number of para-hydroxylation sites is 2. The number of hydrogen-bond acceptors (Lipinski definition) is 3. The van der Waals surface area contributed by atoms with Gasteiger partial charge < -0.3 is 10.3 Å². The number of carbonyl (C=O) groups excluding carboxylic acids is 2. The van der Waals surface area contributed by atoms with Crippen LogP contribution in [0, 0.1) is 5.92 Å². The third-order valence-electron chi connectivity index (χ3n) is 5.60. The smallest absolute Gasteiger partial charge is 0.336 e. The Morgan fingerprint density at radius 3 is 2.46 bits per heavy atom. The molecule has 0 spiro atoms. The molecule has 180 valence electrons. The molecular formula is C27H28ClN5O2. The molecular weight excluding hydrogens is 462 g/mol. The molecule has 3 aromatic carbocycles. The quantitative estimate of drug-likeness (QED) is 0.309. The number of hydrogen-bond donors (Lipinski definition) is 3. The van der Waals surface area contributed by atoms with Crippen molar-refractivity contribution in [2.75, 3.05) is 7.05 Å². The second kappa shape index (κ2) is 10.6. The van der Waals surface area contributed by atoms with Gasteiger partial charge in [-0.05, 0) is 47.7 Å². The summed E-state index contributed by atoms with van der Waals surface area (Å²) in [6, 6.07) is 20.3. The van der Waals surface area contributed by atoms with Crippen molar-refractivity contribution in [3.05, 3.63) is 88.4 Å². The zero-order valence-corrected chi connectivity index (χ0v) is 20.7. The molecule has 0 aliphatic heterocycles. The van der Waals surface area contributed by atoms with E-state index in [1.54, 1.807) is 12.1 Å². The van der Waals surface area contributed by atoms with Crippen molar-refractivity contribution >= 4 is 34.6 Å². The van der Waals surface area contributed by atoms with Gasteiger partial charge in [0.25, 0.3) is 5.91 Å². The Labute approximate surface area is 209 Å². The number of nitrogens with zero attached hydrogens (tertiary/aromatic N) is 2. The number of halogens is 1. The van der Waals surface area contributed by atoms with E-state index in [1.165, 1.54) is 12.1 Å². The van der Waals surface area contributed by atoms with E-state index in [0.717, 1.165) is 40.0 Å². The minimum Gasteiger partial charge on any atom is -0.340 e. The molecule has 0 aliphatic rings. The highest BCUT2D eigenvalue weighted by Gasteiger charge is 2.18. The maximum Gasteiger partial charge on any atom is 0.336 e. The zero-order chi connectivity index (χ0) is 24.9. The van der Waals surface area contributed by atoms with Gasteiger partial charge in [0, 0.05) is 23.2 Å². The highest BCUT2D eigenvalue weighted by molar-refractivity contribution is 6.31. The van der Waals surface area contributed by atoms with Crippen molar-refractivity contribution < 1.29 is 9.59 Å². The van der Waals surface area contributed by atoms with Gasteiger partial charge in [0.05, 0.1) is 17.6 Å². The third-order valence-corrected chi connectivity index (χ3v) is 5.95. The van der Waals surface area contributed by atoms with Crippen LogP contribution in [0.4, 0.5) is 4.79 Å². The lowest BCUT2D eigenvalue weighted by Gasteiger charge is -2.23. The van der Waals surface area contributed by atoms with Crippen LogP contribution in [0.15, 0.2) is 66.7 Å². The first-order valence-corrected chi connectivity index (χ1v) is 11.8. The molecule has 1 aromatic heterocycles. The van der Waals surface area contributed by atoms with Crippen LogP contribution in [0.3, 0.4) is 0 Å². The van der Waals surface area contributed by atoms with Gasteiger partial charge in [0.2, 0.25) is 0 Å². The van der Waals surface area contributed by atoms with Crippen molar-refractivity contribution in [3.63, 3.8) is 0 Å². The molecule has 0 radical (unpaired) electrons. The Balaban J connectivity index is 1.47. The summed E-state index contributed by atoms with van der Waals surface area (Å²) < 4.78 is 0. The molecule has 0 bridgehead atoms. The van der Waals surface area contributed by atoms with Crippen molar-refractivity contribution in [2.45, 2.75) is 26.8 Å². The highest BCUT2D eigenvalue weighted by Crippen LogP contribution is 2.22. The van der Waals surface area contributed by atoms with E-state index < -0.39 is 11.9 Å². The molecule has 35 heavy (non-hydrogen) atoms. The zero-order valence-electron chi connectivity index (χ0n) is 19.9. The van der Waals surface area contributed by atoms with E-state index in [2.05, 4.69) is 34.6 Å². The number of amides is 3. The highest BCUT2D eigenvalue weighted by atomic mass is 35.5. The number of fused-ring (bicyclic) bond motifs is 1. The molecule has 7 nitrogen and oxygen atoms in total. The standard InChI is InChI=1S/C27H28ClN5O2/c1-17(2)14-20-12-13-21(15-22(20)28)26(34)32-33(27(35)29-3)16-18-8-10-19(11-9-18)25-30-23-6-4-5-7-24(23)31-25/h4-13,15,17H,14,16H2,1-3H3,(H,29,35)(H,30,31)(H,32,34). The van der Waals surface area contributed by atoms with E-state index in [0.29, 0.717) is 16.5 Å². The Hall–Kier alpha value is -3.84. The van der Waals surface area contributed by atoms with Gasteiger partial charge >= 0.3 is 6.03 Å². The van der Waals surface area contributed by atoms with E-state index in [-0.39, 0.29) is 6.54 Å². The lowest BCUT2D eigenvalue weighted by atomic mass is 10.0. The van der Waals surface area contributed by atoms with E-state index in [4.69, 9.17) is 11.6 Å². The lowest BCUT2D eigenvalue weighted by Crippen LogP contribution is -2.49. The van der Waals surface area contributed by atoms with Crippen LogP contribution in [0.5, 0.6) is 0 Å². The first-order valence-electron chi connectivity index (χ1n) is 11.5. The topological polar surface area (TPSA) is 90.1 Å². The summed E-state index contributed by atoms with van der Waals surface area (Å²) in [7, 11) is 1.52. The van der Waals surface area contributed by atoms with Gasteiger partial charge in [-0.2, -0.15) is 0 Å². The fourth-order valence-electron chi connectivity index (χ4n) is 3.82. The van der Waals surface area contributed by atoms with Crippen molar-refractivity contribution in [3.8, 4) is 11.4 Å². The molecule has 8 heteroatoms. The van der Waals surface area contributed by atoms with Crippen LogP contribution < -0.4 is 10.7 Å². The summed E-state index contributed by atoms with van der Waals surface area (Å²) in [5.41, 5.74) is 7.71. The van der Waals surface area contributed by atoms with Crippen molar-refractivity contribution in [1.82, 2.24) is 25.7 Å². The minimum atomic E-state index is -0.428. The number of urea groups is 1. The van der Waals surface area contributed by atoms with Gasteiger partial charge in [-0.25, -0.2) is 14.8 Å². The first kappa shape index (κ1) is 24.3. The van der Waals surface area contributed by atoms with Gasteiger partial charge in [-0.1, -0.05) is 67.9 Å². The summed E-state index contributed by atoms with van der Waals surface area (Å²) in [4.78, 5) is 33.3. The summed E-state index contributed by atoms with van der Waals surface area (Å²) in [5.74, 6) is 0.812. The van der Waals surface area contributed by atoms with Gasteiger partial charge in [0.15, 0.2) is 0 Å². The van der Waals surface area contributed by atoms with Crippen molar-refractivity contribution in [1.29, 1.82) is 0 Å². The van der Waals surface area contributed by atoms with Crippen molar-refractivity contribution in [2.24, 2.45) is 5.92 Å². The van der Waals surface area contributed by atoms with Crippen LogP contribution in [0.1, 0.15) is 35.3 Å². The predicted octanol–water partition coefficient (Wildman–Crippen LogP) is 5.57. The van der Waals surface area contributed by atoms with Gasteiger partial charge in [-0.15, -0.1) is 0 Å². The largest absolute Gasteiger partial charge is 0.340 e. The van der Waals surface area contributed by atoms with E-state index in [9.17, 15) is 9.59 Å². The predicted molar refractivity (Wildman–Crippen MR) is 139 cm³/mol. The Morgan fingerprint density at radius 2 is 1.80 bits per heavy atom. The van der Waals surface area contributed by atoms with Gasteiger partial charge in [0.1, 0.15) is 5.82 Å². The Morgan fingerprint density at radius 1 is 1.06 bits per heavy atom. The molecule has 0 unspecified atom stereocenters. The number of rotatable bonds is 6. The second-order valence-corrected chi connectivity index (χ2v) is 9.19. The number of hydrazine groups is 1. The Kier molecular flexibility index (Phi) is 7.36. The maximum atomic E-state index is 12.9. The first-order chi connectivity index (χ1) is 16.8. The van der Waals surface area contributed by atoms with Crippen LogP contribution in [-0.4, -0.2) is 34.0 Å². The average Bonchev–Trinajstić information content (AvgIpc) is 3.29. The maximum absolute atomic E-state index is 12.9. The molecule has 3 amide bonds. The number of benzene rings is 3. The molecule has 4 aromatic rings. The molecule has 1 heterocycles. The number of aromatic nitrogens is 2. The van der Waals surface area contributed by atoms with E-state index >= 15 is 0 Å². The number of imidazole rings is 1. The molecule has 0 aliphatic carbocycles. The van der Waals surface area contributed by atoms with Crippen LogP contribution in [0.25, 0.3) is 22.4 Å². The summed E-state index contributed by atoms with van der Waals surface area (Å²) in [6.07, 6.45) is 0.828. The fraction of sp³-hybridized carbons (Fsp3) is 0.222. The summed E-state index contributed by atoms with van der Waals surface area (Å²) >= 11 is 6.38. The molecule has 0 saturated heterocycles.